The molecule has 226 valence electrons. The number of amides is 1. The van der Waals surface area contributed by atoms with E-state index in [0.29, 0.717) is 31.6 Å². The van der Waals surface area contributed by atoms with Gasteiger partial charge in [-0.3, -0.25) is 0 Å². The second-order valence-electron chi connectivity index (χ2n) is 11.3. The molecule has 0 aromatic heterocycles. The van der Waals surface area contributed by atoms with E-state index >= 15 is 0 Å². The molecular weight excluding hydrogens is 546 g/mol. The van der Waals surface area contributed by atoms with E-state index < -0.39 is 28.3 Å². The minimum atomic E-state index is -3.93. The van der Waals surface area contributed by atoms with Crippen molar-refractivity contribution < 1.29 is 32.5 Å². The highest BCUT2D eigenvalue weighted by Crippen LogP contribution is 2.37. The second-order valence-corrected chi connectivity index (χ2v) is 13.3. The summed E-state index contributed by atoms with van der Waals surface area (Å²) in [5.41, 5.74) is 0.894. The van der Waals surface area contributed by atoms with Crippen molar-refractivity contribution in [1.82, 2.24) is 14.9 Å². The number of hydrogen-bond acceptors (Lipinski definition) is 8. The Kier molecular flexibility index (Phi) is 10.6. The van der Waals surface area contributed by atoms with Gasteiger partial charge in [-0.2, -0.15) is 4.31 Å². The molecule has 2 aromatic rings. The number of likely N-dealkylation sites (N-methyl/N-ethyl adjacent to an activating group) is 1. The van der Waals surface area contributed by atoms with Crippen molar-refractivity contribution in [2.24, 2.45) is 11.8 Å². The smallest absolute Gasteiger partial charge is 0.407 e. The first-order chi connectivity index (χ1) is 19.6. The molecule has 3 N–H and O–H groups in total. The number of benzene rings is 2. The fourth-order valence-electron chi connectivity index (χ4n) is 5.74. The van der Waals surface area contributed by atoms with Gasteiger partial charge in [-0.1, -0.05) is 44.2 Å². The van der Waals surface area contributed by atoms with Crippen LogP contribution in [0.25, 0.3) is 0 Å². The Morgan fingerprint density at radius 1 is 1.10 bits per heavy atom. The molecule has 4 rings (SSSR count). The number of sulfonamides is 1. The van der Waals surface area contributed by atoms with Gasteiger partial charge in [0.1, 0.15) is 11.9 Å². The van der Waals surface area contributed by atoms with Crippen LogP contribution in [0.2, 0.25) is 0 Å². The zero-order valence-electron chi connectivity index (χ0n) is 24.2. The van der Waals surface area contributed by atoms with Crippen molar-refractivity contribution in [3.63, 3.8) is 0 Å². The Balaban J connectivity index is 1.48. The molecule has 0 unspecified atom stereocenters. The van der Waals surface area contributed by atoms with Crippen LogP contribution in [0.5, 0.6) is 5.75 Å². The summed E-state index contributed by atoms with van der Waals surface area (Å²) < 4.78 is 45.3. The van der Waals surface area contributed by atoms with Crippen molar-refractivity contribution in [2.45, 2.75) is 68.4 Å². The van der Waals surface area contributed by atoms with E-state index in [9.17, 15) is 18.3 Å². The van der Waals surface area contributed by atoms with E-state index in [2.05, 4.69) is 10.6 Å². The van der Waals surface area contributed by atoms with Gasteiger partial charge in [0.2, 0.25) is 10.0 Å². The monoisotopic (exact) mass is 589 g/mol. The molecule has 1 saturated heterocycles. The minimum Gasteiger partial charge on any atom is -0.497 e. The molecule has 1 heterocycles. The van der Waals surface area contributed by atoms with Crippen LogP contribution in [-0.2, 0) is 25.9 Å². The number of ether oxygens (including phenoxy) is 3. The van der Waals surface area contributed by atoms with Crippen molar-refractivity contribution in [3.8, 4) is 5.75 Å². The number of hydrogen-bond donors (Lipinski definition) is 3. The van der Waals surface area contributed by atoms with Gasteiger partial charge in [-0.05, 0) is 55.6 Å². The molecule has 1 aliphatic heterocycles. The molecule has 1 saturated carbocycles. The molecule has 2 fully saturated rings. The standard InChI is InChI=1S/C30H43N3O7S/c1-20(2)17-33(41(36,37)24-12-10-22(38-4)11-13-24)18-28(34)26(14-21-8-6-5-7-9-21)32-30(35)40-23-15-25-27(31-3)19-39-29(25)16-23/h5-13,20,23,25-29,31,34H,14-19H2,1-4H3,(H,32,35)/t23-,25-,26+,27-,28-,29-/m1/s1. The van der Waals surface area contributed by atoms with Gasteiger partial charge in [-0.25, -0.2) is 13.2 Å². The highest BCUT2D eigenvalue weighted by atomic mass is 32.2. The summed E-state index contributed by atoms with van der Waals surface area (Å²) in [6.07, 6.45) is -0.427. The zero-order valence-corrected chi connectivity index (χ0v) is 25.0. The van der Waals surface area contributed by atoms with Gasteiger partial charge in [0.05, 0.1) is 36.9 Å². The summed E-state index contributed by atoms with van der Waals surface area (Å²) in [6, 6.07) is 15.1. The van der Waals surface area contributed by atoms with Gasteiger partial charge in [0.25, 0.3) is 0 Å². The molecule has 1 aliphatic carbocycles. The SMILES string of the molecule is CN[C@@H]1CO[C@@H]2C[C@H](OC(=O)N[C@@H](Cc3ccccc3)[C@H](O)CN(CC(C)C)S(=O)(=O)c3ccc(OC)cc3)C[C@H]12. The van der Waals surface area contributed by atoms with E-state index in [-0.39, 0.29) is 48.1 Å². The summed E-state index contributed by atoms with van der Waals surface area (Å²) >= 11 is 0. The summed E-state index contributed by atoms with van der Waals surface area (Å²) in [5, 5.41) is 17.5. The predicted molar refractivity (Wildman–Crippen MR) is 155 cm³/mol. The van der Waals surface area contributed by atoms with E-state index in [4.69, 9.17) is 14.2 Å². The predicted octanol–water partition coefficient (Wildman–Crippen LogP) is 2.81. The van der Waals surface area contributed by atoms with Crippen LogP contribution < -0.4 is 15.4 Å². The number of carbonyl (C=O) groups is 1. The van der Waals surface area contributed by atoms with Crippen LogP contribution in [0.4, 0.5) is 4.79 Å². The third kappa shape index (κ3) is 7.98. The third-order valence-electron chi connectivity index (χ3n) is 7.88. The summed E-state index contributed by atoms with van der Waals surface area (Å²) in [6.45, 7) is 4.49. The van der Waals surface area contributed by atoms with Crippen LogP contribution in [0.15, 0.2) is 59.5 Å². The molecule has 0 spiro atoms. The third-order valence-corrected chi connectivity index (χ3v) is 9.73. The quantitative estimate of drug-likeness (QED) is 0.326. The van der Waals surface area contributed by atoms with Gasteiger partial charge < -0.3 is 30.0 Å². The normalized spacial score (nSPS) is 23.8. The first-order valence-electron chi connectivity index (χ1n) is 14.2. The maximum Gasteiger partial charge on any atom is 0.407 e. The Labute approximate surface area is 243 Å². The van der Waals surface area contributed by atoms with E-state index in [1.54, 1.807) is 12.1 Å². The Morgan fingerprint density at radius 3 is 2.44 bits per heavy atom. The van der Waals surface area contributed by atoms with Crippen LogP contribution in [0.1, 0.15) is 32.3 Å². The van der Waals surface area contributed by atoms with Crippen molar-refractivity contribution >= 4 is 16.1 Å². The van der Waals surface area contributed by atoms with Gasteiger partial charge in [-0.15, -0.1) is 0 Å². The first kappa shape index (κ1) is 31.2. The molecule has 1 amide bonds. The highest BCUT2D eigenvalue weighted by Gasteiger charge is 2.45. The maximum atomic E-state index is 13.6. The van der Waals surface area contributed by atoms with E-state index in [0.717, 1.165) is 5.56 Å². The summed E-state index contributed by atoms with van der Waals surface area (Å²) in [4.78, 5) is 13.2. The second kappa shape index (κ2) is 14.0. The largest absolute Gasteiger partial charge is 0.497 e. The van der Waals surface area contributed by atoms with Crippen LogP contribution in [-0.4, -0.2) is 88.2 Å². The Morgan fingerprint density at radius 2 is 1.80 bits per heavy atom. The van der Waals surface area contributed by atoms with Crippen molar-refractivity contribution in [2.75, 3.05) is 33.9 Å². The molecular formula is C30H43N3O7S. The number of fused-ring (bicyclic) bond motifs is 1. The van der Waals surface area contributed by atoms with Crippen LogP contribution >= 0.6 is 0 Å². The summed E-state index contributed by atoms with van der Waals surface area (Å²) in [7, 11) is -0.510. The van der Waals surface area contributed by atoms with Crippen molar-refractivity contribution in [1.29, 1.82) is 0 Å². The van der Waals surface area contributed by atoms with Crippen molar-refractivity contribution in [3.05, 3.63) is 60.2 Å². The molecule has 2 aliphatic rings. The maximum absolute atomic E-state index is 13.6. The van der Waals surface area contributed by atoms with Crippen LogP contribution in [0, 0.1) is 11.8 Å². The van der Waals surface area contributed by atoms with E-state index in [1.807, 2.05) is 51.2 Å². The lowest BCUT2D eigenvalue weighted by Gasteiger charge is -2.31. The number of alkyl carbamates (subject to hydrolysis) is 1. The molecule has 2 aromatic carbocycles. The van der Waals surface area contributed by atoms with Gasteiger partial charge in [0.15, 0.2) is 0 Å². The highest BCUT2D eigenvalue weighted by molar-refractivity contribution is 7.89. The first-order valence-corrected chi connectivity index (χ1v) is 15.7. The number of methoxy groups -OCH3 is 1. The summed E-state index contributed by atoms with van der Waals surface area (Å²) in [5.74, 6) is 0.839. The average Bonchev–Trinajstić information content (AvgIpc) is 3.52. The zero-order chi connectivity index (χ0) is 29.6. The number of aliphatic hydroxyl groups is 1. The van der Waals surface area contributed by atoms with E-state index in [1.165, 1.54) is 23.5 Å². The molecule has 41 heavy (non-hydrogen) atoms. The number of nitrogens with one attached hydrogen (secondary N) is 2. The lowest BCUT2D eigenvalue weighted by Crippen LogP contribution is -2.51. The number of nitrogens with zero attached hydrogens (tertiary/aromatic N) is 1. The van der Waals surface area contributed by atoms with Crippen LogP contribution in [0.3, 0.4) is 0 Å². The van der Waals surface area contributed by atoms with Gasteiger partial charge in [0, 0.05) is 31.5 Å². The molecule has 0 radical (unpaired) electrons. The number of aliphatic hydroxyl groups excluding tert-OH is 1. The number of rotatable bonds is 13. The molecule has 10 nitrogen and oxygen atoms in total. The minimum absolute atomic E-state index is 0.00574. The molecule has 6 atom stereocenters. The average molecular weight is 590 g/mol. The molecule has 0 bridgehead atoms. The lowest BCUT2D eigenvalue weighted by molar-refractivity contribution is 0.0540. The molecule has 11 heteroatoms. The fourth-order valence-corrected chi connectivity index (χ4v) is 7.37. The van der Waals surface area contributed by atoms with Gasteiger partial charge >= 0.3 is 6.09 Å². The number of carbonyl (C=O) groups excluding carboxylic acids is 1. The topological polar surface area (TPSA) is 126 Å². The Hall–Kier alpha value is -2.70. The Bertz CT molecular complexity index is 1230. The lowest BCUT2D eigenvalue weighted by atomic mass is 10.00. The fraction of sp³-hybridized carbons (Fsp3) is 0.567.